The molecule has 0 bridgehead atoms. The molecule has 1 aromatic heterocycles. The second kappa shape index (κ2) is 5.87. The number of halogens is 1. The van der Waals surface area contributed by atoms with Gasteiger partial charge in [-0.2, -0.15) is 10.5 Å². The minimum atomic E-state index is -0.215. The Labute approximate surface area is 127 Å². The fourth-order valence-corrected chi connectivity index (χ4v) is 3.11. The van der Waals surface area contributed by atoms with E-state index in [-0.39, 0.29) is 11.1 Å². The molecule has 0 aliphatic heterocycles. The molecule has 1 heterocycles. The van der Waals surface area contributed by atoms with Crippen molar-refractivity contribution >= 4 is 38.9 Å². The number of aromatic nitrogens is 1. The normalized spacial score (nSPS) is 10.9. The largest absolute Gasteiger partial charge is 0.300 e. The minimum Gasteiger partial charge on any atom is -0.300 e. The molecule has 1 aromatic carbocycles. The Morgan fingerprint density at radius 1 is 1.40 bits per heavy atom. The zero-order valence-electron chi connectivity index (χ0n) is 10.4. The van der Waals surface area contributed by atoms with E-state index in [4.69, 9.17) is 10.5 Å². The first kappa shape index (κ1) is 14.3. The number of nitriles is 2. The van der Waals surface area contributed by atoms with Crippen molar-refractivity contribution in [3.8, 4) is 12.1 Å². The molecule has 0 spiro atoms. The molecule has 0 atom stereocenters. The van der Waals surface area contributed by atoms with Crippen molar-refractivity contribution in [3.05, 3.63) is 53.9 Å². The molecule has 6 heteroatoms. The standard InChI is InChI=1S/C14H8BrN3OS/c1-18-13(19)12(20-14(18)10(7-16)8-17)6-9-3-2-4-11(15)5-9/h2-6H,1H3/b12-6+. The lowest BCUT2D eigenvalue weighted by atomic mass is 10.2. The molecule has 0 aliphatic carbocycles. The van der Waals surface area contributed by atoms with Crippen molar-refractivity contribution in [1.82, 2.24) is 4.57 Å². The molecule has 0 radical (unpaired) electrons. The summed E-state index contributed by atoms with van der Waals surface area (Å²) in [6.45, 7) is 0. The smallest absolute Gasteiger partial charge is 0.268 e. The first-order valence-corrected chi connectivity index (χ1v) is 7.15. The fourth-order valence-electron chi connectivity index (χ4n) is 1.65. The van der Waals surface area contributed by atoms with Crippen LogP contribution in [0.1, 0.15) is 5.56 Å². The summed E-state index contributed by atoms with van der Waals surface area (Å²) in [4.78, 5) is 12.1. The molecule has 98 valence electrons. The lowest BCUT2D eigenvalue weighted by Gasteiger charge is -1.92. The summed E-state index contributed by atoms with van der Waals surface area (Å²) >= 11 is 4.51. The van der Waals surface area contributed by atoms with Crippen LogP contribution < -0.4 is 14.8 Å². The predicted octanol–water partition coefficient (Wildman–Crippen LogP) is 1.24. The van der Waals surface area contributed by atoms with E-state index in [0.29, 0.717) is 9.20 Å². The van der Waals surface area contributed by atoms with E-state index < -0.39 is 0 Å². The number of rotatable bonds is 1. The predicted molar refractivity (Wildman–Crippen MR) is 81.2 cm³/mol. The Hall–Kier alpha value is -2.15. The van der Waals surface area contributed by atoms with Crippen LogP contribution in [0.15, 0.2) is 33.5 Å². The van der Waals surface area contributed by atoms with Gasteiger partial charge in [0.1, 0.15) is 16.8 Å². The van der Waals surface area contributed by atoms with Crippen LogP contribution in [-0.4, -0.2) is 4.57 Å². The third kappa shape index (κ3) is 2.72. The fraction of sp³-hybridized carbons (Fsp3) is 0.0714. The zero-order valence-corrected chi connectivity index (χ0v) is 12.8. The molecule has 0 fully saturated rings. The highest BCUT2D eigenvalue weighted by Crippen LogP contribution is 2.11. The van der Waals surface area contributed by atoms with Crippen molar-refractivity contribution in [2.75, 3.05) is 0 Å². The van der Waals surface area contributed by atoms with E-state index in [1.807, 2.05) is 36.4 Å². The molecule has 0 N–H and O–H groups in total. The third-order valence-corrected chi connectivity index (χ3v) is 4.29. The van der Waals surface area contributed by atoms with Crippen LogP contribution in [0.25, 0.3) is 11.6 Å². The summed E-state index contributed by atoms with van der Waals surface area (Å²) in [5.74, 6) is 0. The lowest BCUT2D eigenvalue weighted by Crippen LogP contribution is -2.29. The number of hydrogen-bond acceptors (Lipinski definition) is 4. The summed E-state index contributed by atoms with van der Waals surface area (Å²) in [7, 11) is 1.56. The summed E-state index contributed by atoms with van der Waals surface area (Å²) in [5, 5.41) is 17.8. The maximum absolute atomic E-state index is 12.1. The van der Waals surface area contributed by atoms with Crippen LogP contribution in [0.3, 0.4) is 0 Å². The summed E-state index contributed by atoms with van der Waals surface area (Å²) < 4.78 is 3.11. The van der Waals surface area contributed by atoms with Gasteiger partial charge in [0.25, 0.3) is 5.56 Å². The van der Waals surface area contributed by atoms with Crippen LogP contribution in [0.4, 0.5) is 0 Å². The van der Waals surface area contributed by atoms with Crippen LogP contribution in [0.2, 0.25) is 0 Å². The van der Waals surface area contributed by atoms with Gasteiger partial charge in [-0.05, 0) is 23.8 Å². The van der Waals surface area contributed by atoms with Crippen molar-refractivity contribution in [2.24, 2.45) is 7.05 Å². The van der Waals surface area contributed by atoms with Crippen LogP contribution >= 0.6 is 27.3 Å². The number of hydrogen-bond donors (Lipinski definition) is 0. The topological polar surface area (TPSA) is 69.6 Å². The van der Waals surface area contributed by atoms with Crippen LogP contribution in [-0.2, 0) is 7.05 Å². The van der Waals surface area contributed by atoms with Crippen LogP contribution in [0, 0.1) is 22.7 Å². The highest BCUT2D eigenvalue weighted by Gasteiger charge is 2.05. The van der Waals surface area contributed by atoms with Gasteiger partial charge >= 0.3 is 0 Å². The molecule has 0 amide bonds. The molecule has 0 aliphatic rings. The van der Waals surface area contributed by atoms with Gasteiger partial charge in [0, 0.05) is 11.5 Å². The Balaban J connectivity index is 2.78. The number of benzene rings is 1. The first-order valence-electron chi connectivity index (χ1n) is 5.54. The highest BCUT2D eigenvalue weighted by atomic mass is 79.9. The Kier molecular flexibility index (Phi) is 4.19. The van der Waals surface area contributed by atoms with Gasteiger partial charge in [0.05, 0.1) is 4.53 Å². The second-order valence-corrected chi connectivity index (χ2v) is 5.88. The molecule has 2 aromatic rings. The third-order valence-electron chi connectivity index (χ3n) is 2.61. The van der Waals surface area contributed by atoms with Crippen molar-refractivity contribution in [3.63, 3.8) is 0 Å². The van der Waals surface area contributed by atoms with Gasteiger partial charge in [-0.25, -0.2) is 0 Å². The quantitative estimate of drug-likeness (QED) is 0.780. The molecule has 2 rings (SSSR count). The second-order valence-electron chi connectivity index (χ2n) is 3.93. The van der Waals surface area contributed by atoms with Gasteiger partial charge in [-0.3, -0.25) is 4.79 Å². The van der Waals surface area contributed by atoms with Crippen molar-refractivity contribution in [2.45, 2.75) is 0 Å². The number of thiazole rings is 1. The van der Waals surface area contributed by atoms with Gasteiger partial charge in [0.15, 0.2) is 5.57 Å². The molecule has 0 unspecified atom stereocenters. The zero-order chi connectivity index (χ0) is 14.7. The Bertz CT molecular complexity index is 909. The van der Waals surface area contributed by atoms with Crippen molar-refractivity contribution in [1.29, 1.82) is 10.5 Å². The lowest BCUT2D eigenvalue weighted by molar-refractivity contribution is 0.855. The molecule has 0 saturated carbocycles. The number of nitrogens with zero attached hydrogens (tertiary/aromatic N) is 3. The van der Waals surface area contributed by atoms with E-state index in [1.54, 1.807) is 13.1 Å². The minimum absolute atomic E-state index is 0.0523. The Morgan fingerprint density at radius 3 is 2.70 bits per heavy atom. The van der Waals surface area contributed by atoms with E-state index in [1.165, 1.54) is 4.57 Å². The first-order chi connectivity index (χ1) is 9.56. The highest BCUT2D eigenvalue weighted by molar-refractivity contribution is 9.10. The molecular weight excluding hydrogens is 338 g/mol. The van der Waals surface area contributed by atoms with E-state index in [2.05, 4.69) is 15.9 Å². The van der Waals surface area contributed by atoms with Gasteiger partial charge in [0.2, 0.25) is 0 Å². The van der Waals surface area contributed by atoms with Crippen molar-refractivity contribution < 1.29 is 0 Å². The average molecular weight is 346 g/mol. The monoisotopic (exact) mass is 345 g/mol. The molecule has 4 nitrogen and oxygen atoms in total. The van der Waals surface area contributed by atoms with E-state index in [0.717, 1.165) is 21.4 Å². The average Bonchev–Trinajstić information content (AvgIpc) is 2.69. The van der Waals surface area contributed by atoms with Gasteiger partial charge < -0.3 is 4.57 Å². The maximum atomic E-state index is 12.1. The molecular formula is C14H8BrN3OS. The SMILES string of the molecule is Cn1c(=C(C#N)C#N)s/c(=C/c2cccc(Br)c2)c1=O. The van der Waals surface area contributed by atoms with E-state index in [9.17, 15) is 4.79 Å². The van der Waals surface area contributed by atoms with E-state index >= 15 is 0 Å². The maximum Gasteiger partial charge on any atom is 0.268 e. The Morgan fingerprint density at radius 2 is 2.10 bits per heavy atom. The summed E-state index contributed by atoms with van der Waals surface area (Å²) in [5.41, 5.74) is 0.608. The van der Waals surface area contributed by atoms with Gasteiger partial charge in [-0.15, -0.1) is 11.3 Å². The summed E-state index contributed by atoms with van der Waals surface area (Å²) in [6, 6.07) is 11.1. The van der Waals surface area contributed by atoms with Gasteiger partial charge in [-0.1, -0.05) is 28.1 Å². The van der Waals surface area contributed by atoms with Crippen LogP contribution in [0.5, 0.6) is 0 Å². The summed E-state index contributed by atoms with van der Waals surface area (Å²) in [6.07, 6.45) is 1.74. The molecule has 20 heavy (non-hydrogen) atoms. The molecule has 0 saturated heterocycles.